The smallest absolute Gasteiger partial charge is 0.162 e. The van der Waals surface area contributed by atoms with Crippen molar-refractivity contribution in [3.8, 4) is 11.1 Å². The molecule has 0 aliphatic carbocycles. The summed E-state index contributed by atoms with van der Waals surface area (Å²) in [5.41, 5.74) is 15.0. The molecule has 6 nitrogen and oxygen atoms in total. The van der Waals surface area contributed by atoms with Crippen LogP contribution in [0.1, 0.15) is 39.5 Å². The molecule has 0 radical (unpaired) electrons. The van der Waals surface area contributed by atoms with Gasteiger partial charge in [0, 0.05) is 42.4 Å². The quantitative estimate of drug-likeness (QED) is 0.120. The molecule has 2 heterocycles. The lowest BCUT2D eigenvalue weighted by Gasteiger charge is -2.24. The Kier molecular flexibility index (Phi) is 9.41. The summed E-state index contributed by atoms with van der Waals surface area (Å²) in [5, 5.41) is 5.99. The van der Waals surface area contributed by atoms with E-state index in [1.807, 2.05) is 109 Å². The molecule has 1 atom stereocenters. The maximum Gasteiger partial charge on any atom is 0.162 e. The third kappa shape index (κ3) is 6.95. The molecule has 268 valence electrons. The van der Waals surface area contributed by atoms with Crippen LogP contribution in [-0.2, 0) is 0 Å². The molecule has 8 aromatic rings. The third-order valence-corrected chi connectivity index (χ3v) is 11.0. The molecule has 9 rings (SSSR count). The van der Waals surface area contributed by atoms with E-state index in [0.29, 0.717) is 23.2 Å². The number of amidine groups is 4. The maximum atomic E-state index is 6.87. The largest absolute Gasteiger partial charge is 0.383 e. The maximum absolute atomic E-state index is 6.87. The molecule has 0 bridgehead atoms. The summed E-state index contributed by atoms with van der Waals surface area (Å²) >= 11 is 1.76. The van der Waals surface area contributed by atoms with Crippen molar-refractivity contribution in [3.63, 3.8) is 0 Å². The summed E-state index contributed by atoms with van der Waals surface area (Å²) in [6, 6.07) is 61.4. The Bertz CT molecular complexity index is 2840. The average Bonchev–Trinajstić information content (AvgIpc) is 3.65. The van der Waals surface area contributed by atoms with E-state index in [-0.39, 0.29) is 6.17 Å². The summed E-state index contributed by atoms with van der Waals surface area (Å²) in [5.74, 6) is 2.25. The Hall–Kier alpha value is -7.22. The van der Waals surface area contributed by atoms with Gasteiger partial charge in [-0.2, -0.15) is 0 Å². The van der Waals surface area contributed by atoms with Crippen molar-refractivity contribution >= 4 is 60.5 Å². The van der Waals surface area contributed by atoms with Gasteiger partial charge in [-0.25, -0.2) is 20.0 Å². The molecule has 3 N–H and O–H groups in total. The van der Waals surface area contributed by atoms with Crippen LogP contribution in [0.5, 0.6) is 0 Å². The summed E-state index contributed by atoms with van der Waals surface area (Å²) in [4.78, 5) is 20.4. The van der Waals surface area contributed by atoms with Crippen molar-refractivity contribution in [3.05, 3.63) is 222 Å². The minimum Gasteiger partial charge on any atom is -0.383 e. The zero-order valence-corrected chi connectivity index (χ0v) is 31.2. The van der Waals surface area contributed by atoms with E-state index >= 15 is 0 Å². The zero-order valence-electron chi connectivity index (χ0n) is 30.4. The number of rotatable bonds is 8. The van der Waals surface area contributed by atoms with E-state index in [1.165, 1.54) is 10.1 Å². The van der Waals surface area contributed by atoms with Gasteiger partial charge in [0.25, 0.3) is 0 Å². The molecule has 0 fully saturated rings. The highest BCUT2D eigenvalue weighted by Crippen LogP contribution is 2.41. The highest BCUT2D eigenvalue weighted by molar-refractivity contribution is 7.26. The molecule has 1 aromatic heterocycles. The molecule has 0 saturated carbocycles. The second kappa shape index (κ2) is 15.3. The number of benzene rings is 7. The standard InChI is InChI=1S/C49H36N6S/c1-32(33-17-6-2-7-18-33)51-46(34-19-8-3-9-20-34)52-45(50)38-26-16-25-37(31-38)39-29-30-41-40-27-14-15-28-42(40)56-44(41)43(39)49-54-47(35-21-10-4-11-22-35)53-48(55-49)36-23-12-5-13-24-36/h2-31,47H,1H2,(H2,50,51,52)(H,53,54,55). The topological polar surface area (TPSA) is 87.5 Å². The van der Waals surface area contributed by atoms with Gasteiger partial charge in [0.2, 0.25) is 0 Å². The first-order valence-electron chi connectivity index (χ1n) is 18.4. The zero-order chi connectivity index (χ0) is 37.8. The molecule has 0 amide bonds. The van der Waals surface area contributed by atoms with Crippen LogP contribution in [0.25, 0.3) is 37.0 Å². The van der Waals surface area contributed by atoms with Crippen molar-refractivity contribution in [2.45, 2.75) is 6.17 Å². The van der Waals surface area contributed by atoms with Crippen molar-refractivity contribution in [2.75, 3.05) is 0 Å². The number of aliphatic imine (C=N–C) groups is 4. The lowest BCUT2D eigenvalue weighted by atomic mass is 9.95. The summed E-state index contributed by atoms with van der Waals surface area (Å²) in [6.07, 6.45) is -0.341. The predicted octanol–water partition coefficient (Wildman–Crippen LogP) is 11.0. The van der Waals surface area contributed by atoms with Crippen LogP contribution in [0.15, 0.2) is 209 Å². The van der Waals surface area contributed by atoms with Gasteiger partial charge in [-0.15, -0.1) is 11.3 Å². The second-order valence-corrected chi connectivity index (χ2v) is 14.4. The fraction of sp³-hybridized carbons (Fsp3) is 0.0204. The Morgan fingerprint density at radius 1 is 0.607 bits per heavy atom. The Labute approximate surface area is 329 Å². The van der Waals surface area contributed by atoms with Gasteiger partial charge >= 0.3 is 0 Å². The molecule has 1 aliphatic rings. The van der Waals surface area contributed by atoms with Gasteiger partial charge in [0.1, 0.15) is 17.8 Å². The molecule has 0 saturated heterocycles. The molecular weight excluding hydrogens is 705 g/mol. The van der Waals surface area contributed by atoms with Crippen LogP contribution in [0.2, 0.25) is 0 Å². The summed E-state index contributed by atoms with van der Waals surface area (Å²) < 4.78 is 2.33. The average molecular weight is 741 g/mol. The van der Waals surface area contributed by atoms with Crippen LogP contribution in [0.4, 0.5) is 0 Å². The first-order valence-corrected chi connectivity index (χ1v) is 19.2. The SMILES string of the molecule is C=C(N=C(N=C(N)c1cccc(-c2ccc3c(sc4ccccc43)c2C2=NC(c3ccccc3)NC(c3ccccc3)=N2)c1)c1ccccc1)c1ccccc1. The highest BCUT2D eigenvalue weighted by atomic mass is 32.1. The van der Waals surface area contributed by atoms with Gasteiger partial charge in [0.15, 0.2) is 11.7 Å². The van der Waals surface area contributed by atoms with Crippen molar-refractivity contribution in [2.24, 2.45) is 25.7 Å². The Morgan fingerprint density at radius 3 is 1.98 bits per heavy atom. The Morgan fingerprint density at radius 2 is 1.23 bits per heavy atom. The minimum absolute atomic E-state index is 0.340. The lowest BCUT2D eigenvalue weighted by molar-refractivity contribution is 0.674. The van der Waals surface area contributed by atoms with Crippen LogP contribution in [0.3, 0.4) is 0 Å². The fourth-order valence-electron chi connectivity index (χ4n) is 6.95. The monoisotopic (exact) mass is 740 g/mol. The number of thiophene rings is 1. The van der Waals surface area contributed by atoms with E-state index in [2.05, 4.69) is 84.7 Å². The van der Waals surface area contributed by atoms with Gasteiger partial charge in [-0.1, -0.05) is 176 Å². The summed E-state index contributed by atoms with van der Waals surface area (Å²) in [6.45, 7) is 4.25. The molecule has 7 heteroatoms. The van der Waals surface area contributed by atoms with Crippen LogP contribution in [0, 0.1) is 0 Å². The third-order valence-electron chi connectivity index (χ3n) is 9.75. The molecule has 7 aromatic carbocycles. The predicted molar refractivity (Wildman–Crippen MR) is 236 cm³/mol. The van der Waals surface area contributed by atoms with Gasteiger partial charge < -0.3 is 11.1 Å². The normalized spacial score (nSPS) is 14.6. The van der Waals surface area contributed by atoms with Crippen molar-refractivity contribution in [1.82, 2.24) is 5.32 Å². The first-order chi connectivity index (χ1) is 27.6. The van der Waals surface area contributed by atoms with Crippen LogP contribution < -0.4 is 11.1 Å². The highest BCUT2D eigenvalue weighted by Gasteiger charge is 2.25. The Balaban J connectivity index is 1.21. The molecule has 1 unspecified atom stereocenters. The molecule has 0 spiro atoms. The number of hydrogen-bond donors (Lipinski definition) is 2. The molecule has 1 aliphatic heterocycles. The second-order valence-electron chi connectivity index (χ2n) is 13.4. The van der Waals surface area contributed by atoms with E-state index in [0.717, 1.165) is 60.4 Å². The lowest BCUT2D eigenvalue weighted by Crippen LogP contribution is -2.33. The first kappa shape index (κ1) is 34.5. The number of nitrogens with one attached hydrogen (secondary N) is 1. The number of nitrogens with zero attached hydrogens (tertiary/aromatic N) is 4. The minimum atomic E-state index is -0.341. The number of nitrogens with two attached hydrogens (primary N) is 1. The van der Waals surface area contributed by atoms with Gasteiger partial charge in [-0.05, 0) is 34.4 Å². The van der Waals surface area contributed by atoms with E-state index in [1.54, 1.807) is 11.3 Å². The van der Waals surface area contributed by atoms with Crippen molar-refractivity contribution in [1.29, 1.82) is 0 Å². The number of fused-ring (bicyclic) bond motifs is 3. The van der Waals surface area contributed by atoms with E-state index in [4.69, 9.17) is 25.7 Å². The van der Waals surface area contributed by atoms with Crippen LogP contribution >= 0.6 is 11.3 Å². The van der Waals surface area contributed by atoms with Gasteiger partial charge in [0.05, 0.1) is 5.70 Å². The van der Waals surface area contributed by atoms with Crippen LogP contribution in [-0.4, -0.2) is 23.3 Å². The van der Waals surface area contributed by atoms with E-state index < -0.39 is 0 Å². The summed E-state index contributed by atoms with van der Waals surface area (Å²) in [7, 11) is 0. The number of hydrogen-bond acceptors (Lipinski definition) is 5. The molecule has 56 heavy (non-hydrogen) atoms. The molecular formula is C49H36N6S. The fourth-order valence-corrected chi connectivity index (χ4v) is 8.19. The van der Waals surface area contributed by atoms with Crippen molar-refractivity contribution < 1.29 is 0 Å². The van der Waals surface area contributed by atoms with Gasteiger partial charge in [-0.3, -0.25) is 0 Å². The van der Waals surface area contributed by atoms with E-state index in [9.17, 15) is 0 Å².